The summed E-state index contributed by atoms with van der Waals surface area (Å²) in [5.74, 6) is -0.949. The molecule has 0 radical (unpaired) electrons. The van der Waals surface area contributed by atoms with Gasteiger partial charge in [-0.3, -0.25) is 0 Å². The van der Waals surface area contributed by atoms with Crippen LogP contribution in [-0.2, 0) is 6.42 Å². The van der Waals surface area contributed by atoms with E-state index in [0.29, 0.717) is 6.42 Å². The third-order valence-electron chi connectivity index (χ3n) is 2.15. The molecule has 14 heavy (non-hydrogen) atoms. The molecule has 0 fully saturated rings. The first-order valence-corrected chi connectivity index (χ1v) is 4.71. The zero-order valence-corrected chi connectivity index (χ0v) is 8.44. The minimum atomic E-state index is -0.569. The van der Waals surface area contributed by atoms with Gasteiger partial charge in [-0.05, 0) is 25.0 Å². The first kappa shape index (κ1) is 11.0. The van der Waals surface area contributed by atoms with Crippen molar-refractivity contribution in [1.29, 1.82) is 0 Å². The molecule has 0 heterocycles. The van der Waals surface area contributed by atoms with Crippen molar-refractivity contribution in [1.82, 2.24) is 0 Å². The maximum atomic E-state index is 13.5. The summed E-state index contributed by atoms with van der Waals surface area (Å²) in [6.07, 6.45) is 2.11. The molecule has 0 bridgehead atoms. The first-order chi connectivity index (χ1) is 6.70. The van der Waals surface area contributed by atoms with Gasteiger partial charge in [-0.2, -0.15) is 0 Å². The van der Waals surface area contributed by atoms with Gasteiger partial charge in [0.25, 0.3) is 0 Å². The molecule has 1 aromatic carbocycles. The van der Waals surface area contributed by atoms with Crippen molar-refractivity contribution >= 4 is 0 Å². The molecular weight excluding hydrogens is 186 g/mol. The molecule has 1 rings (SSSR count). The van der Waals surface area contributed by atoms with E-state index in [4.69, 9.17) is 4.74 Å². The summed E-state index contributed by atoms with van der Waals surface area (Å²) >= 11 is 0. The van der Waals surface area contributed by atoms with Crippen LogP contribution in [0, 0.1) is 11.6 Å². The van der Waals surface area contributed by atoms with Gasteiger partial charge in [-0.25, -0.2) is 8.78 Å². The van der Waals surface area contributed by atoms with E-state index in [-0.39, 0.29) is 11.3 Å². The molecule has 0 saturated heterocycles. The Morgan fingerprint density at radius 2 is 2.00 bits per heavy atom. The summed E-state index contributed by atoms with van der Waals surface area (Å²) in [5, 5.41) is 0. The minimum Gasteiger partial charge on any atom is -0.494 e. The average molecular weight is 200 g/mol. The van der Waals surface area contributed by atoms with E-state index in [9.17, 15) is 8.78 Å². The van der Waals surface area contributed by atoms with E-state index in [1.165, 1.54) is 19.2 Å². The lowest BCUT2D eigenvalue weighted by Gasteiger charge is -2.07. The molecule has 78 valence electrons. The van der Waals surface area contributed by atoms with Crippen LogP contribution in [0.2, 0.25) is 0 Å². The lowest BCUT2D eigenvalue weighted by atomic mass is 10.1. The molecule has 0 aromatic heterocycles. The molecule has 0 amide bonds. The topological polar surface area (TPSA) is 9.23 Å². The van der Waals surface area contributed by atoms with E-state index < -0.39 is 11.6 Å². The molecule has 0 saturated carbocycles. The zero-order valence-electron chi connectivity index (χ0n) is 8.44. The Bertz CT molecular complexity index is 310. The molecule has 0 aliphatic rings. The number of hydrogen-bond donors (Lipinski definition) is 0. The fourth-order valence-corrected chi connectivity index (χ4v) is 1.32. The predicted molar refractivity (Wildman–Crippen MR) is 51.5 cm³/mol. The quantitative estimate of drug-likeness (QED) is 0.724. The van der Waals surface area contributed by atoms with E-state index in [0.717, 1.165) is 12.8 Å². The van der Waals surface area contributed by atoms with E-state index in [2.05, 4.69) is 0 Å². The molecule has 0 atom stereocenters. The third-order valence-corrected chi connectivity index (χ3v) is 2.15. The van der Waals surface area contributed by atoms with Gasteiger partial charge in [-0.15, -0.1) is 0 Å². The van der Waals surface area contributed by atoms with Gasteiger partial charge < -0.3 is 4.74 Å². The summed E-state index contributed by atoms with van der Waals surface area (Å²) in [4.78, 5) is 0. The number of unbranched alkanes of at least 4 members (excludes halogenated alkanes) is 1. The maximum absolute atomic E-state index is 13.5. The van der Waals surface area contributed by atoms with Crippen molar-refractivity contribution in [3.05, 3.63) is 29.3 Å². The average Bonchev–Trinajstić information content (AvgIpc) is 2.18. The Morgan fingerprint density at radius 1 is 1.29 bits per heavy atom. The fourth-order valence-electron chi connectivity index (χ4n) is 1.32. The number of rotatable bonds is 4. The molecule has 3 heteroatoms. The summed E-state index contributed by atoms with van der Waals surface area (Å²) in [6.45, 7) is 1.98. The van der Waals surface area contributed by atoms with Crippen LogP contribution in [0.4, 0.5) is 8.78 Å². The largest absolute Gasteiger partial charge is 0.494 e. The highest BCUT2D eigenvalue weighted by molar-refractivity contribution is 5.32. The van der Waals surface area contributed by atoms with Crippen molar-refractivity contribution in [3.63, 3.8) is 0 Å². The van der Waals surface area contributed by atoms with Crippen LogP contribution in [0.5, 0.6) is 5.75 Å². The van der Waals surface area contributed by atoms with E-state index in [1.54, 1.807) is 0 Å². The second-order valence-electron chi connectivity index (χ2n) is 3.15. The Morgan fingerprint density at radius 3 is 2.57 bits per heavy atom. The van der Waals surface area contributed by atoms with E-state index >= 15 is 0 Å². The highest BCUT2D eigenvalue weighted by Crippen LogP contribution is 2.24. The summed E-state index contributed by atoms with van der Waals surface area (Å²) < 4.78 is 31.5. The number of ether oxygens (including phenoxy) is 1. The maximum Gasteiger partial charge on any atom is 0.171 e. The summed E-state index contributed by atoms with van der Waals surface area (Å²) in [5.41, 5.74) is 0.131. The highest BCUT2D eigenvalue weighted by Gasteiger charge is 2.13. The Hall–Kier alpha value is -1.12. The van der Waals surface area contributed by atoms with Gasteiger partial charge in [0, 0.05) is 5.56 Å². The van der Waals surface area contributed by atoms with Gasteiger partial charge in [0.1, 0.15) is 5.82 Å². The normalized spacial score (nSPS) is 10.3. The molecule has 1 aromatic rings. The molecule has 0 spiro atoms. The molecule has 0 aliphatic heterocycles. The number of benzene rings is 1. The third kappa shape index (κ3) is 2.22. The van der Waals surface area contributed by atoms with Gasteiger partial charge in [-0.1, -0.05) is 13.3 Å². The second kappa shape index (κ2) is 4.94. The number of hydrogen-bond acceptors (Lipinski definition) is 1. The van der Waals surface area contributed by atoms with Crippen molar-refractivity contribution in [2.45, 2.75) is 26.2 Å². The lowest BCUT2D eigenvalue weighted by molar-refractivity contribution is 0.380. The second-order valence-corrected chi connectivity index (χ2v) is 3.15. The van der Waals surface area contributed by atoms with Crippen LogP contribution in [0.1, 0.15) is 25.3 Å². The van der Waals surface area contributed by atoms with Gasteiger partial charge in [0.2, 0.25) is 0 Å². The molecular formula is C11H14F2O. The van der Waals surface area contributed by atoms with Gasteiger partial charge in [0.05, 0.1) is 7.11 Å². The summed E-state index contributed by atoms with van der Waals surface area (Å²) in [6, 6.07) is 2.55. The Labute approximate surface area is 82.7 Å². The molecule has 0 aliphatic carbocycles. The van der Waals surface area contributed by atoms with E-state index in [1.807, 2.05) is 6.92 Å². The first-order valence-electron chi connectivity index (χ1n) is 4.71. The van der Waals surface area contributed by atoms with Crippen LogP contribution in [0.25, 0.3) is 0 Å². The molecule has 1 nitrogen and oxygen atoms in total. The standard InChI is InChI=1S/C11H14F2O/c1-3-4-5-8-9(12)6-7-10(14-2)11(8)13/h6-7H,3-5H2,1-2H3. The van der Waals surface area contributed by atoms with Crippen LogP contribution in [0.3, 0.4) is 0 Å². The molecule has 0 N–H and O–H groups in total. The predicted octanol–water partition coefficient (Wildman–Crippen LogP) is 3.32. The van der Waals surface area contributed by atoms with Crippen molar-refractivity contribution in [2.75, 3.05) is 7.11 Å². The fraction of sp³-hybridized carbons (Fsp3) is 0.455. The summed E-state index contributed by atoms with van der Waals surface area (Å²) in [7, 11) is 1.37. The SMILES string of the molecule is CCCCc1c(F)ccc(OC)c1F. The van der Waals surface area contributed by atoms with Crippen LogP contribution >= 0.6 is 0 Å². The monoisotopic (exact) mass is 200 g/mol. The smallest absolute Gasteiger partial charge is 0.171 e. The molecule has 0 unspecified atom stereocenters. The number of methoxy groups -OCH3 is 1. The Kier molecular flexibility index (Phi) is 3.86. The highest BCUT2D eigenvalue weighted by atomic mass is 19.1. The minimum absolute atomic E-state index is 0.109. The van der Waals surface area contributed by atoms with Gasteiger partial charge in [0.15, 0.2) is 11.6 Å². The lowest BCUT2D eigenvalue weighted by Crippen LogP contribution is -1.99. The van der Waals surface area contributed by atoms with Crippen LogP contribution in [0.15, 0.2) is 12.1 Å². The van der Waals surface area contributed by atoms with Crippen LogP contribution in [-0.4, -0.2) is 7.11 Å². The van der Waals surface area contributed by atoms with Gasteiger partial charge >= 0.3 is 0 Å². The zero-order chi connectivity index (χ0) is 10.6. The Balaban J connectivity index is 2.99. The van der Waals surface area contributed by atoms with Crippen molar-refractivity contribution in [2.24, 2.45) is 0 Å². The van der Waals surface area contributed by atoms with Crippen molar-refractivity contribution < 1.29 is 13.5 Å². The number of halogens is 2. The van der Waals surface area contributed by atoms with Crippen LogP contribution < -0.4 is 4.74 Å². The van der Waals surface area contributed by atoms with Crippen molar-refractivity contribution in [3.8, 4) is 5.75 Å².